The fourth-order valence-electron chi connectivity index (χ4n) is 4.55. The topological polar surface area (TPSA) is 61.6 Å². The van der Waals surface area contributed by atoms with Crippen molar-refractivity contribution in [3.8, 4) is 0 Å². The van der Waals surface area contributed by atoms with Gasteiger partial charge >= 0.3 is 5.63 Å². The molecule has 0 atom stereocenters. The first-order valence-corrected chi connectivity index (χ1v) is 11.4. The van der Waals surface area contributed by atoms with E-state index in [1.165, 1.54) is 6.07 Å². The van der Waals surface area contributed by atoms with Crippen molar-refractivity contribution in [1.82, 2.24) is 9.88 Å². The molecule has 0 spiro atoms. The van der Waals surface area contributed by atoms with Crippen LogP contribution in [0.5, 0.6) is 0 Å². The summed E-state index contributed by atoms with van der Waals surface area (Å²) in [6, 6.07) is 14.4. The lowest BCUT2D eigenvalue weighted by Gasteiger charge is -2.36. The molecule has 1 saturated heterocycles. The number of halogens is 1. The summed E-state index contributed by atoms with van der Waals surface area (Å²) in [6.07, 6.45) is 2.76. The summed E-state index contributed by atoms with van der Waals surface area (Å²) in [4.78, 5) is 21.4. The van der Waals surface area contributed by atoms with Gasteiger partial charge < -0.3 is 14.6 Å². The Morgan fingerprint density at radius 3 is 2.73 bits per heavy atom. The molecule has 0 unspecified atom stereocenters. The van der Waals surface area contributed by atoms with Gasteiger partial charge in [0.05, 0.1) is 11.3 Å². The van der Waals surface area contributed by atoms with Crippen molar-refractivity contribution < 1.29 is 8.81 Å². The van der Waals surface area contributed by atoms with Crippen molar-refractivity contribution in [3.63, 3.8) is 0 Å². The van der Waals surface area contributed by atoms with Gasteiger partial charge in [0.25, 0.3) is 0 Å². The molecule has 33 heavy (non-hydrogen) atoms. The predicted molar refractivity (Wildman–Crippen MR) is 131 cm³/mol. The molecular weight excluding hydrogens is 419 g/mol. The maximum absolute atomic E-state index is 13.8. The fraction of sp³-hybridized carbons (Fsp3) is 0.308. The van der Waals surface area contributed by atoms with Crippen LogP contribution in [0.25, 0.3) is 21.7 Å². The Hall–Kier alpha value is -3.45. The molecule has 4 aromatic rings. The highest BCUT2D eigenvalue weighted by Gasteiger charge is 2.19. The van der Waals surface area contributed by atoms with E-state index in [9.17, 15) is 9.18 Å². The zero-order valence-corrected chi connectivity index (χ0v) is 18.7. The van der Waals surface area contributed by atoms with Gasteiger partial charge in [-0.15, -0.1) is 0 Å². The number of para-hydroxylation sites is 1. The lowest BCUT2D eigenvalue weighted by atomic mass is 10.1. The van der Waals surface area contributed by atoms with E-state index in [-0.39, 0.29) is 11.4 Å². The molecule has 2 aromatic heterocycles. The molecule has 0 bridgehead atoms. The molecule has 0 saturated carbocycles. The number of hydrogen-bond acceptors (Lipinski definition) is 6. The van der Waals surface area contributed by atoms with E-state index in [1.54, 1.807) is 25.3 Å². The highest BCUT2D eigenvalue weighted by atomic mass is 19.1. The summed E-state index contributed by atoms with van der Waals surface area (Å²) in [5, 5.41) is 6.26. The molecule has 0 radical (unpaired) electrons. The number of piperazine rings is 1. The third kappa shape index (κ3) is 4.41. The number of pyridine rings is 1. The van der Waals surface area contributed by atoms with Crippen LogP contribution in [0.3, 0.4) is 0 Å². The minimum Gasteiger partial charge on any atom is -0.422 e. The van der Waals surface area contributed by atoms with Crippen LogP contribution in [0.1, 0.15) is 12.0 Å². The van der Waals surface area contributed by atoms with Gasteiger partial charge in [-0.1, -0.05) is 18.2 Å². The Bertz CT molecular complexity index is 1350. The van der Waals surface area contributed by atoms with E-state index in [0.29, 0.717) is 11.1 Å². The molecule has 5 rings (SSSR count). The van der Waals surface area contributed by atoms with Crippen LogP contribution >= 0.6 is 0 Å². The van der Waals surface area contributed by atoms with Crippen LogP contribution < -0.4 is 15.8 Å². The molecule has 1 aliphatic heterocycles. The maximum atomic E-state index is 13.8. The van der Waals surface area contributed by atoms with Crippen molar-refractivity contribution in [3.05, 3.63) is 76.5 Å². The van der Waals surface area contributed by atoms with Crippen LogP contribution in [0, 0.1) is 12.7 Å². The molecule has 7 heteroatoms. The van der Waals surface area contributed by atoms with E-state index < -0.39 is 0 Å². The smallest absolute Gasteiger partial charge is 0.341 e. The van der Waals surface area contributed by atoms with Gasteiger partial charge in [-0.25, -0.2) is 14.2 Å². The normalized spacial score (nSPS) is 14.8. The minimum absolute atomic E-state index is 0.234. The van der Waals surface area contributed by atoms with E-state index in [2.05, 4.69) is 20.1 Å². The number of rotatable bonds is 6. The molecule has 1 aliphatic rings. The van der Waals surface area contributed by atoms with Crippen LogP contribution in [0.2, 0.25) is 0 Å². The van der Waals surface area contributed by atoms with Crippen molar-refractivity contribution in [2.24, 2.45) is 0 Å². The fourth-order valence-corrected chi connectivity index (χ4v) is 4.55. The first kappa shape index (κ1) is 21.4. The minimum atomic E-state index is -0.297. The largest absolute Gasteiger partial charge is 0.422 e. The monoisotopic (exact) mass is 446 g/mol. The summed E-state index contributed by atoms with van der Waals surface area (Å²) in [5.41, 5.74) is 1.78. The van der Waals surface area contributed by atoms with Gasteiger partial charge in [-0.3, -0.25) is 4.90 Å². The second kappa shape index (κ2) is 9.19. The van der Waals surface area contributed by atoms with Crippen molar-refractivity contribution in [2.75, 3.05) is 49.5 Å². The molecule has 0 aliphatic carbocycles. The molecule has 6 nitrogen and oxygen atoms in total. The van der Waals surface area contributed by atoms with E-state index in [1.807, 2.05) is 30.3 Å². The van der Waals surface area contributed by atoms with Gasteiger partial charge in [0.2, 0.25) is 0 Å². The molecular formula is C26H27FN4O2. The summed E-state index contributed by atoms with van der Waals surface area (Å²) in [6.45, 7) is 7.14. The van der Waals surface area contributed by atoms with Crippen LogP contribution in [-0.4, -0.2) is 49.2 Å². The third-order valence-corrected chi connectivity index (χ3v) is 6.37. The SMILES string of the molecule is Cc1c(NCCCN2CCN(c3nccc4ccc(F)cc34)CC2)c2ccccc2oc1=O. The number of fused-ring (bicyclic) bond motifs is 2. The third-order valence-electron chi connectivity index (χ3n) is 6.37. The average molecular weight is 447 g/mol. The standard InChI is InChI=1S/C26H27FN4O2/c1-18-24(21-5-2-3-6-23(21)33-26(18)32)28-10-4-12-30-13-15-31(16-14-30)25-22-17-20(27)8-7-19(22)9-11-29-25/h2-3,5-9,11,17,28H,4,10,12-16H2,1H3. The number of benzene rings is 2. The number of aromatic nitrogens is 1. The first-order valence-electron chi connectivity index (χ1n) is 11.4. The quantitative estimate of drug-likeness (QED) is 0.350. The molecule has 0 amide bonds. The van der Waals surface area contributed by atoms with Gasteiger partial charge in [0.15, 0.2) is 0 Å². The summed E-state index contributed by atoms with van der Waals surface area (Å²) in [7, 11) is 0. The summed E-state index contributed by atoms with van der Waals surface area (Å²) >= 11 is 0. The molecule has 1 N–H and O–H groups in total. The maximum Gasteiger partial charge on any atom is 0.341 e. The molecule has 3 heterocycles. The Morgan fingerprint density at radius 1 is 1.06 bits per heavy atom. The van der Waals surface area contributed by atoms with Gasteiger partial charge in [-0.05, 0) is 55.6 Å². The second-order valence-corrected chi connectivity index (χ2v) is 8.49. The number of anilines is 2. The van der Waals surface area contributed by atoms with Crippen LogP contribution in [-0.2, 0) is 0 Å². The number of nitrogens with zero attached hydrogens (tertiary/aromatic N) is 3. The van der Waals surface area contributed by atoms with Crippen molar-refractivity contribution >= 4 is 33.2 Å². The number of hydrogen-bond donors (Lipinski definition) is 1. The van der Waals surface area contributed by atoms with E-state index >= 15 is 0 Å². The highest BCUT2D eigenvalue weighted by Crippen LogP contribution is 2.26. The van der Waals surface area contributed by atoms with Gasteiger partial charge in [-0.2, -0.15) is 0 Å². The van der Waals surface area contributed by atoms with Crippen LogP contribution in [0.15, 0.2) is 63.9 Å². The van der Waals surface area contributed by atoms with Crippen molar-refractivity contribution in [1.29, 1.82) is 0 Å². The Balaban J connectivity index is 1.17. The Kier molecular flexibility index (Phi) is 5.96. The van der Waals surface area contributed by atoms with E-state index in [4.69, 9.17) is 4.42 Å². The lowest BCUT2D eigenvalue weighted by Crippen LogP contribution is -2.47. The molecule has 1 fully saturated rings. The summed E-state index contributed by atoms with van der Waals surface area (Å²) in [5.74, 6) is 0.626. The molecule has 170 valence electrons. The predicted octanol–water partition coefficient (Wildman–Crippen LogP) is 4.41. The van der Waals surface area contributed by atoms with Crippen LogP contribution in [0.4, 0.5) is 15.9 Å². The van der Waals surface area contributed by atoms with Gasteiger partial charge in [0, 0.05) is 49.7 Å². The van der Waals surface area contributed by atoms with E-state index in [0.717, 1.165) is 73.4 Å². The highest BCUT2D eigenvalue weighted by molar-refractivity contribution is 5.92. The first-order chi connectivity index (χ1) is 16.1. The average Bonchev–Trinajstić information content (AvgIpc) is 2.84. The van der Waals surface area contributed by atoms with Gasteiger partial charge in [0.1, 0.15) is 17.2 Å². The van der Waals surface area contributed by atoms with Crippen molar-refractivity contribution in [2.45, 2.75) is 13.3 Å². The lowest BCUT2D eigenvalue weighted by molar-refractivity contribution is 0.257. The zero-order chi connectivity index (χ0) is 22.8. The molecule has 2 aromatic carbocycles. The second-order valence-electron chi connectivity index (χ2n) is 8.49. The Labute approximate surface area is 191 Å². The Morgan fingerprint density at radius 2 is 1.88 bits per heavy atom. The summed E-state index contributed by atoms with van der Waals surface area (Å²) < 4.78 is 19.2. The number of nitrogens with one attached hydrogen (secondary N) is 1. The zero-order valence-electron chi connectivity index (χ0n) is 18.7.